The zero-order valence-corrected chi connectivity index (χ0v) is 13.4. The number of likely N-dealkylation sites (N-methyl/N-ethyl adjacent to an activating group) is 1. The van der Waals surface area contributed by atoms with Gasteiger partial charge in [0.2, 0.25) is 0 Å². The molecule has 1 atom stereocenters. The zero-order valence-electron chi connectivity index (χ0n) is 13.4. The topological polar surface area (TPSA) is 26.7 Å². The van der Waals surface area contributed by atoms with Crippen molar-refractivity contribution in [3.05, 3.63) is 35.4 Å². The van der Waals surface area contributed by atoms with E-state index in [1.165, 1.54) is 18.6 Å². The molecule has 2 rings (SSSR count). The van der Waals surface area contributed by atoms with Crippen molar-refractivity contribution < 1.29 is 13.9 Å². The van der Waals surface area contributed by atoms with E-state index in [2.05, 4.69) is 16.7 Å². The van der Waals surface area contributed by atoms with E-state index in [-0.39, 0.29) is 5.56 Å². The molecule has 3 nitrogen and oxygen atoms in total. The Labute approximate surface area is 131 Å². The van der Waals surface area contributed by atoms with Gasteiger partial charge in [-0.05, 0) is 52.0 Å². The summed E-state index contributed by atoms with van der Waals surface area (Å²) in [5, 5.41) is 10.2. The van der Waals surface area contributed by atoms with Crippen LogP contribution in [0.3, 0.4) is 0 Å². The van der Waals surface area contributed by atoms with Crippen molar-refractivity contribution in [2.24, 2.45) is 0 Å². The van der Waals surface area contributed by atoms with Crippen LogP contribution in [0.2, 0.25) is 0 Å². The maximum Gasteiger partial charge on any atom is 0.131 e. The number of halogens is 2. The first-order chi connectivity index (χ1) is 10.5. The van der Waals surface area contributed by atoms with Gasteiger partial charge in [0.1, 0.15) is 11.6 Å². The molecule has 1 unspecified atom stereocenters. The molecule has 5 heteroatoms. The second-order valence-corrected chi connectivity index (χ2v) is 6.19. The van der Waals surface area contributed by atoms with Crippen molar-refractivity contribution in [2.45, 2.75) is 38.3 Å². The fraction of sp³-hybridized carbons (Fsp3) is 0.647. The van der Waals surface area contributed by atoms with Gasteiger partial charge in [0.05, 0.1) is 6.10 Å². The molecule has 0 radical (unpaired) electrons. The number of piperidine rings is 1. The van der Waals surface area contributed by atoms with E-state index in [1.807, 2.05) is 7.05 Å². The van der Waals surface area contributed by atoms with Crippen LogP contribution >= 0.6 is 0 Å². The van der Waals surface area contributed by atoms with E-state index in [4.69, 9.17) is 0 Å². The molecule has 1 aliphatic heterocycles. The lowest BCUT2D eigenvalue weighted by Gasteiger charge is -2.37. The number of aliphatic hydroxyl groups excluding tert-OH is 1. The molecular formula is C17H26F2N2O. The molecule has 22 heavy (non-hydrogen) atoms. The average Bonchev–Trinajstić information content (AvgIpc) is 2.48. The smallest absolute Gasteiger partial charge is 0.131 e. The molecule has 0 spiro atoms. The van der Waals surface area contributed by atoms with Gasteiger partial charge in [0, 0.05) is 24.2 Å². The highest BCUT2D eigenvalue weighted by Crippen LogP contribution is 2.22. The highest BCUT2D eigenvalue weighted by Gasteiger charge is 2.24. The van der Waals surface area contributed by atoms with Crippen LogP contribution in [0.25, 0.3) is 0 Å². The first-order valence-electron chi connectivity index (χ1n) is 8.07. The Kier molecular flexibility index (Phi) is 6.29. The number of nitrogens with zero attached hydrogens (tertiary/aromatic N) is 2. The fourth-order valence-electron chi connectivity index (χ4n) is 3.19. The second-order valence-electron chi connectivity index (χ2n) is 6.19. The Morgan fingerprint density at radius 3 is 2.59 bits per heavy atom. The normalized spacial score (nSPS) is 18.8. The van der Waals surface area contributed by atoms with Crippen molar-refractivity contribution in [3.8, 4) is 0 Å². The van der Waals surface area contributed by atoms with Gasteiger partial charge in [-0.3, -0.25) is 0 Å². The van der Waals surface area contributed by atoms with Crippen LogP contribution in [0.5, 0.6) is 0 Å². The third kappa shape index (κ3) is 4.48. The van der Waals surface area contributed by atoms with Crippen molar-refractivity contribution in [1.29, 1.82) is 0 Å². The minimum absolute atomic E-state index is 0.164. The van der Waals surface area contributed by atoms with Gasteiger partial charge in [-0.1, -0.05) is 13.0 Å². The Morgan fingerprint density at radius 1 is 1.32 bits per heavy atom. The maximum absolute atomic E-state index is 13.7. The second kappa shape index (κ2) is 7.99. The number of rotatable bonds is 6. The van der Waals surface area contributed by atoms with Crippen LogP contribution in [0.4, 0.5) is 8.78 Å². The van der Waals surface area contributed by atoms with Crippen molar-refractivity contribution in [2.75, 3.05) is 33.2 Å². The number of likely N-dealkylation sites (tertiary alicyclic amines) is 1. The Hall–Kier alpha value is -1.04. The fourth-order valence-corrected chi connectivity index (χ4v) is 3.19. The van der Waals surface area contributed by atoms with Crippen LogP contribution < -0.4 is 0 Å². The summed E-state index contributed by atoms with van der Waals surface area (Å²) in [7, 11) is 1.96. The highest BCUT2D eigenvalue weighted by molar-refractivity contribution is 5.21. The maximum atomic E-state index is 13.7. The van der Waals surface area contributed by atoms with E-state index in [1.54, 1.807) is 0 Å². The number of aliphatic hydroxyl groups is 1. The molecule has 1 aliphatic rings. The van der Waals surface area contributed by atoms with Gasteiger partial charge < -0.3 is 14.9 Å². The zero-order chi connectivity index (χ0) is 16.1. The molecule has 1 saturated heterocycles. The molecule has 0 amide bonds. The van der Waals surface area contributed by atoms with E-state index >= 15 is 0 Å². The van der Waals surface area contributed by atoms with Crippen LogP contribution in [0.1, 0.15) is 37.9 Å². The molecule has 1 heterocycles. The first kappa shape index (κ1) is 17.3. The predicted octanol–water partition coefficient (Wildman–Crippen LogP) is 2.80. The Bertz CT molecular complexity index is 476. The summed E-state index contributed by atoms with van der Waals surface area (Å²) in [4.78, 5) is 4.55. The monoisotopic (exact) mass is 312 g/mol. The number of hydrogen-bond acceptors (Lipinski definition) is 3. The Balaban J connectivity index is 1.87. The predicted molar refractivity (Wildman–Crippen MR) is 83.7 cm³/mol. The Morgan fingerprint density at radius 2 is 2.00 bits per heavy atom. The van der Waals surface area contributed by atoms with E-state index in [0.717, 1.165) is 38.5 Å². The minimum atomic E-state index is -0.931. The molecule has 0 aromatic heterocycles. The standard InChI is InChI=1S/C17H26F2N2O/c1-3-8-21-9-6-14(7-10-21)20(2)12-17(22)15-5-4-13(18)11-16(15)19/h4-5,11,14,17,22H,3,6-10,12H2,1-2H3. The van der Waals surface area contributed by atoms with E-state index in [0.29, 0.717) is 12.6 Å². The average molecular weight is 312 g/mol. The van der Waals surface area contributed by atoms with Gasteiger partial charge in [0.25, 0.3) is 0 Å². The summed E-state index contributed by atoms with van der Waals surface area (Å²) >= 11 is 0. The van der Waals surface area contributed by atoms with Crippen LogP contribution in [0, 0.1) is 11.6 Å². The van der Waals surface area contributed by atoms with Gasteiger partial charge in [-0.25, -0.2) is 8.78 Å². The molecule has 124 valence electrons. The number of benzene rings is 1. The van der Waals surface area contributed by atoms with Gasteiger partial charge >= 0.3 is 0 Å². The molecule has 0 saturated carbocycles. The molecule has 1 fully saturated rings. The summed E-state index contributed by atoms with van der Waals surface area (Å²) in [6.45, 7) is 5.83. The third-order valence-electron chi connectivity index (χ3n) is 4.50. The third-order valence-corrected chi connectivity index (χ3v) is 4.50. The van der Waals surface area contributed by atoms with Crippen molar-refractivity contribution >= 4 is 0 Å². The molecule has 1 N–H and O–H groups in total. The first-order valence-corrected chi connectivity index (χ1v) is 8.07. The molecule has 1 aromatic carbocycles. The molecule has 1 aromatic rings. The van der Waals surface area contributed by atoms with E-state index < -0.39 is 17.7 Å². The summed E-state index contributed by atoms with van der Waals surface area (Å²) < 4.78 is 26.6. The lowest BCUT2D eigenvalue weighted by molar-refractivity contribution is 0.0719. The van der Waals surface area contributed by atoms with Crippen LogP contribution in [-0.4, -0.2) is 54.2 Å². The minimum Gasteiger partial charge on any atom is -0.387 e. The largest absolute Gasteiger partial charge is 0.387 e. The lowest BCUT2D eigenvalue weighted by Crippen LogP contribution is -2.44. The van der Waals surface area contributed by atoms with Gasteiger partial charge in [0.15, 0.2) is 0 Å². The summed E-state index contributed by atoms with van der Waals surface area (Å²) in [6, 6.07) is 3.74. The van der Waals surface area contributed by atoms with Crippen molar-refractivity contribution in [3.63, 3.8) is 0 Å². The van der Waals surface area contributed by atoms with Crippen LogP contribution in [-0.2, 0) is 0 Å². The van der Waals surface area contributed by atoms with E-state index in [9.17, 15) is 13.9 Å². The lowest BCUT2D eigenvalue weighted by atomic mass is 10.0. The summed E-state index contributed by atoms with van der Waals surface area (Å²) in [5.74, 6) is -1.30. The van der Waals surface area contributed by atoms with Crippen molar-refractivity contribution in [1.82, 2.24) is 9.80 Å². The highest BCUT2D eigenvalue weighted by atomic mass is 19.1. The SMILES string of the molecule is CCCN1CCC(N(C)CC(O)c2ccc(F)cc2F)CC1. The number of hydrogen-bond donors (Lipinski definition) is 1. The van der Waals surface area contributed by atoms with Gasteiger partial charge in [-0.2, -0.15) is 0 Å². The molecule has 0 bridgehead atoms. The molecule has 0 aliphatic carbocycles. The quantitative estimate of drug-likeness (QED) is 0.875. The summed E-state index contributed by atoms with van der Waals surface area (Å²) in [6.07, 6.45) is 2.37. The van der Waals surface area contributed by atoms with Crippen LogP contribution in [0.15, 0.2) is 18.2 Å². The summed E-state index contributed by atoms with van der Waals surface area (Å²) in [5.41, 5.74) is 0.164. The van der Waals surface area contributed by atoms with Gasteiger partial charge in [-0.15, -0.1) is 0 Å². The molecular weight excluding hydrogens is 286 g/mol.